The first kappa shape index (κ1) is 81.1. The first-order valence-corrected chi connectivity index (χ1v) is 26.4. The maximum atomic E-state index is 9.63. The summed E-state index contributed by atoms with van der Waals surface area (Å²) in [6.07, 6.45) is 2.32. The van der Waals surface area contributed by atoms with Gasteiger partial charge in [-0.2, -0.15) is 5.26 Å². The van der Waals surface area contributed by atoms with Crippen LogP contribution in [0.3, 0.4) is 0 Å². The average molecular weight is 937 g/mol. The highest BCUT2D eigenvalue weighted by atomic mass is 32.2. The summed E-state index contributed by atoms with van der Waals surface area (Å²) in [5, 5.41) is 10.9. The molecule has 0 atom stereocenters. The van der Waals surface area contributed by atoms with Gasteiger partial charge in [-0.15, -0.1) is 0 Å². The lowest BCUT2D eigenvalue weighted by Crippen LogP contribution is -1.86. The Balaban J connectivity index is -0.0000000793. The van der Waals surface area contributed by atoms with Crippen LogP contribution in [-0.4, -0.2) is 26.7 Å². The number of fused-ring (bicyclic) bond motifs is 1. The van der Waals surface area contributed by atoms with Crippen LogP contribution in [0.5, 0.6) is 0 Å². The molecule has 0 saturated heterocycles. The average Bonchev–Trinajstić information content (AvgIpc) is 3.43. The van der Waals surface area contributed by atoms with Crippen molar-refractivity contribution in [1.29, 1.82) is 5.26 Å². The van der Waals surface area contributed by atoms with Crippen LogP contribution < -0.4 is 0 Å². The van der Waals surface area contributed by atoms with Crippen molar-refractivity contribution in [3.05, 3.63) is 230 Å². The summed E-state index contributed by atoms with van der Waals surface area (Å²) >= 11 is 0. The van der Waals surface area contributed by atoms with E-state index in [4.69, 9.17) is 5.26 Å². The minimum atomic E-state index is -2.67. The van der Waals surface area contributed by atoms with Gasteiger partial charge < -0.3 is 4.79 Å². The summed E-state index contributed by atoms with van der Waals surface area (Å²) in [7, 11) is -2.67. The van der Waals surface area contributed by atoms with Gasteiger partial charge in [-0.1, -0.05) is 323 Å². The summed E-state index contributed by atoms with van der Waals surface area (Å²) in [6, 6.07) is 75.9. The summed E-state index contributed by atoms with van der Waals surface area (Å²) in [4.78, 5) is 9.44. The summed E-state index contributed by atoms with van der Waals surface area (Å²) < 4.78 is 19.3. The van der Waals surface area contributed by atoms with Crippen molar-refractivity contribution in [3.8, 4) is 6.07 Å². The molecule has 0 aromatic heterocycles. The van der Waals surface area contributed by atoms with Crippen LogP contribution in [0.1, 0.15) is 130 Å². The van der Waals surface area contributed by atoms with Gasteiger partial charge in [0.05, 0.1) is 11.6 Å². The van der Waals surface area contributed by atoms with E-state index in [9.17, 15) is 13.2 Å². The number of nitrogens with zero attached hydrogens (tertiary/aromatic N) is 1. The first-order valence-electron chi connectivity index (χ1n) is 24.1. The molecule has 7 aromatic carbocycles. The van der Waals surface area contributed by atoms with Crippen LogP contribution in [0.4, 0.5) is 0 Å². The van der Waals surface area contributed by atoms with E-state index in [1.165, 1.54) is 24.6 Å². The largest absolute Gasteiger partial charge is 0.300 e. The Morgan fingerprint density at radius 1 is 0.313 bits per heavy atom. The highest BCUT2D eigenvalue weighted by Crippen LogP contribution is 2.11. The molecule has 7 rings (SSSR count). The molecule has 0 heterocycles. The van der Waals surface area contributed by atoms with E-state index in [2.05, 4.69) is 48.5 Å². The quantitative estimate of drug-likeness (QED) is 0.152. The van der Waals surface area contributed by atoms with Crippen molar-refractivity contribution in [2.75, 3.05) is 12.5 Å². The Hall–Kier alpha value is -6.09. The molecule has 0 N–H and O–H groups in total. The van der Waals surface area contributed by atoms with Crippen LogP contribution in [-0.2, 0) is 14.6 Å². The van der Waals surface area contributed by atoms with Gasteiger partial charge in [0.15, 0.2) is 0 Å². The Labute approximate surface area is 416 Å². The monoisotopic (exact) mass is 936 g/mol. The first-order chi connectivity index (χ1) is 32.6. The number of rotatable bonds is 0. The second-order valence-electron chi connectivity index (χ2n) is 10.5. The number of Topliss-reactive ketones (excluding diaryl/α,β-unsaturated/α-hetero) is 1. The number of hydrogen-bond acceptors (Lipinski definition) is 4. The van der Waals surface area contributed by atoms with E-state index in [0.29, 0.717) is 5.56 Å². The Morgan fingerprint density at radius 3 is 0.522 bits per heavy atom. The van der Waals surface area contributed by atoms with Gasteiger partial charge in [0, 0.05) is 12.5 Å². The van der Waals surface area contributed by atoms with Gasteiger partial charge >= 0.3 is 0 Å². The SMILES string of the molecule is CC.CC.CC.CC.CC.CC.CC.CC.CC(C)=O.CS(C)(=O)=O.N#Cc1ccccc1.c1ccc2ccccc2c1.c1ccccc1.c1ccccc1.c1ccccc1.c1ccccc1. The van der Waals surface area contributed by atoms with Crippen LogP contribution in [0, 0.1) is 11.3 Å². The normalized spacial score (nSPS) is 7.27. The fraction of sp³-hybridized carbons (Fsp3) is 0.323. The third kappa shape index (κ3) is 95.3. The summed E-state index contributed by atoms with van der Waals surface area (Å²) in [5.41, 5.74) is 0.715. The van der Waals surface area contributed by atoms with E-state index >= 15 is 0 Å². The molecular formula is C62H97NO3S. The second-order valence-corrected chi connectivity index (χ2v) is 12.8. The molecule has 0 aliphatic carbocycles. The number of carbonyl (C=O) groups excluding carboxylic acids is 1. The molecule has 0 unspecified atom stereocenters. The van der Waals surface area contributed by atoms with Gasteiger partial charge in [-0.3, -0.25) is 0 Å². The third-order valence-electron chi connectivity index (χ3n) is 5.23. The maximum Gasteiger partial charge on any atom is 0.144 e. The second kappa shape index (κ2) is 83.5. The van der Waals surface area contributed by atoms with Crippen molar-refractivity contribution >= 4 is 26.4 Å². The molecule has 0 fully saturated rings. The maximum absolute atomic E-state index is 9.63. The van der Waals surface area contributed by atoms with E-state index in [-0.39, 0.29) is 5.78 Å². The molecule has 4 nitrogen and oxygen atoms in total. The molecule has 374 valence electrons. The zero-order valence-electron chi connectivity index (χ0n) is 45.9. The van der Waals surface area contributed by atoms with Crippen molar-refractivity contribution in [2.24, 2.45) is 0 Å². The summed E-state index contributed by atoms with van der Waals surface area (Å²) in [5.74, 6) is 0.167. The smallest absolute Gasteiger partial charge is 0.144 e. The van der Waals surface area contributed by atoms with E-state index in [1.54, 1.807) is 12.1 Å². The number of carbonyl (C=O) groups is 1. The van der Waals surface area contributed by atoms with Gasteiger partial charge in [0.25, 0.3) is 0 Å². The molecule has 5 heteroatoms. The third-order valence-corrected chi connectivity index (χ3v) is 5.23. The lowest BCUT2D eigenvalue weighted by Gasteiger charge is -1.92. The zero-order valence-corrected chi connectivity index (χ0v) is 46.8. The fourth-order valence-electron chi connectivity index (χ4n) is 3.19. The Kier molecular flexibility index (Phi) is 101. The molecule has 0 aliphatic rings. The standard InChI is InChI=1S/C10H8.C7H5N.4C6H6.C3H6O.C2H6O2S.8C2H6/c1-2-6-10-8-4-3-7-9(10)5-1;8-6-7-4-2-1-3-5-7;4*1-2-4-6-5-3-1;1-3(2)4;1-5(2,3)4;8*1-2/h1-8H;1-5H;4*1-6H;1-2H3;1-2H3;8*1-2H3. The molecule has 7 aromatic rings. The Morgan fingerprint density at radius 2 is 0.418 bits per heavy atom. The zero-order chi connectivity index (χ0) is 53.7. The highest BCUT2D eigenvalue weighted by Gasteiger charge is 1.85. The molecule has 0 bridgehead atoms. The lowest BCUT2D eigenvalue weighted by molar-refractivity contribution is -0.115. The van der Waals surface area contributed by atoms with Crippen LogP contribution in [0.25, 0.3) is 10.8 Å². The van der Waals surface area contributed by atoms with Crippen LogP contribution in [0.15, 0.2) is 224 Å². The van der Waals surface area contributed by atoms with E-state index in [0.717, 1.165) is 12.5 Å². The molecule has 0 aliphatic heterocycles. The van der Waals surface area contributed by atoms with Crippen molar-refractivity contribution in [2.45, 2.75) is 125 Å². The lowest BCUT2D eigenvalue weighted by atomic mass is 10.1. The van der Waals surface area contributed by atoms with Gasteiger partial charge in [-0.25, -0.2) is 8.42 Å². The minimum absolute atomic E-state index is 0.167. The van der Waals surface area contributed by atoms with Crippen LogP contribution >= 0.6 is 0 Å². The van der Waals surface area contributed by atoms with Gasteiger partial charge in [-0.05, 0) is 36.8 Å². The number of ketones is 1. The van der Waals surface area contributed by atoms with Gasteiger partial charge in [0.2, 0.25) is 0 Å². The highest BCUT2D eigenvalue weighted by molar-refractivity contribution is 7.89. The molecule has 67 heavy (non-hydrogen) atoms. The van der Waals surface area contributed by atoms with Crippen molar-refractivity contribution < 1.29 is 13.2 Å². The molecule has 0 spiro atoms. The van der Waals surface area contributed by atoms with Gasteiger partial charge in [0.1, 0.15) is 15.6 Å². The Bertz CT molecular complexity index is 1590. The number of nitriles is 1. The molecular weight excluding hydrogens is 839 g/mol. The number of hydrogen-bond donors (Lipinski definition) is 0. The number of benzene rings is 7. The van der Waals surface area contributed by atoms with E-state index < -0.39 is 9.84 Å². The minimum Gasteiger partial charge on any atom is -0.300 e. The van der Waals surface area contributed by atoms with Crippen molar-refractivity contribution in [1.82, 2.24) is 0 Å². The van der Waals surface area contributed by atoms with Crippen LogP contribution in [0.2, 0.25) is 0 Å². The van der Waals surface area contributed by atoms with Crippen molar-refractivity contribution in [3.63, 3.8) is 0 Å². The molecule has 0 radical (unpaired) electrons. The fourth-order valence-corrected chi connectivity index (χ4v) is 3.19. The molecule has 0 saturated carbocycles. The predicted octanol–water partition coefficient (Wildman–Crippen LogP) is 19.6. The summed E-state index contributed by atoms with van der Waals surface area (Å²) in [6.45, 7) is 35.1. The molecule has 0 amide bonds. The van der Waals surface area contributed by atoms with E-state index in [1.807, 2.05) is 281 Å². The predicted molar refractivity (Wildman–Crippen MR) is 309 cm³/mol. The topological polar surface area (TPSA) is 75.0 Å². The number of sulfone groups is 1.